The number of nitrogens with one attached hydrogen (secondary N) is 2. The van der Waals surface area contributed by atoms with Crippen molar-refractivity contribution in [1.82, 2.24) is 19.5 Å². The number of aromatic amines is 2. The predicted molar refractivity (Wildman–Crippen MR) is 135 cm³/mol. The van der Waals surface area contributed by atoms with Crippen LogP contribution in [-0.4, -0.2) is 19.5 Å². The van der Waals surface area contributed by atoms with E-state index in [1.165, 1.54) is 0 Å². The minimum absolute atomic E-state index is 0.0429. The first-order valence-electron chi connectivity index (χ1n) is 11.2. The Kier molecular flexibility index (Phi) is 9.29. The Morgan fingerprint density at radius 3 is 1.77 bits per heavy atom. The number of imidazole rings is 2. The highest BCUT2D eigenvalue weighted by Crippen LogP contribution is 2.22. The molecule has 2 aromatic heterocycles. The molecule has 0 fully saturated rings. The molecule has 2 N–H and O–H groups in total. The number of H-pyrrole nitrogens is 2. The molecule has 0 spiro atoms. The third-order valence-electron chi connectivity index (χ3n) is 4.36. The molecule has 4 aromatic rings. The maximum absolute atomic E-state index is 11.7. The van der Waals surface area contributed by atoms with Crippen molar-refractivity contribution >= 4 is 22.1 Å². The van der Waals surface area contributed by atoms with Crippen molar-refractivity contribution < 1.29 is 0 Å². The van der Waals surface area contributed by atoms with Crippen molar-refractivity contribution in [2.45, 2.75) is 80.2 Å². The number of hydrogen-bond acceptors (Lipinski definition) is 2. The summed E-state index contributed by atoms with van der Waals surface area (Å²) >= 11 is 0. The molecular formula is C26H40N4O. The van der Waals surface area contributed by atoms with Crippen LogP contribution in [0.15, 0.2) is 53.3 Å². The van der Waals surface area contributed by atoms with E-state index in [2.05, 4.69) is 41.8 Å². The van der Waals surface area contributed by atoms with Crippen LogP contribution < -0.4 is 5.69 Å². The van der Waals surface area contributed by atoms with Crippen LogP contribution >= 0.6 is 0 Å². The van der Waals surface area contributed by atoms with E-state index in [9.17, 15) is 4.79 Å². The van der Waals surface area contributed by atoms with E-state index in [-0.39, 0.29) is 16.6 Å². The fourth-order valence-corrected chi connectivity index (χ4v) is 3.03. The summed E-state index contributed by atoms with van der Waals surface area (Å²) in [6, 6.07) is 15.8. The van der Waals surface area contributed by atoms with Crippen LogP contribution in [0.1, 0.15) is 75.1 Å². The molecule has 0 amide bonds. The minimum Gasteiger partial charge on any atom is -0.342 e. The second-order valence-electron chi connectivity index (χ2n) is 8.81. The zero-order chi connectivity index (χ0) is 23.8. The van der Waals surface area contributed by atoms with Gasteiger partial charge in [0.15, 0.2) is 0 Å². The SMILES string of the molecule is CC.CC.CC(C)(C)c1nc2ccccc2[nH]1.CC(C)(C)n1c(=O)[nH]c2ccccc21. The number of hydrogen-bond donors (Lipinski definition) is 2. The minimum atomic E-state index is -0.184. The molecule has 0 aliphatic heterocycles. The van der Waals surface area contributed by atoms with Crippen LogP contribution in [0.25, 0.3) is 22.1 Å². The summed E-state index contributed by atoms with van der Waals surface area (Å²) in [5, 5.41) is 0. The van der Waals surface area contributed by atoms with Crippen molar-refractivity contribution in [3.8, 4) is 0 Å². The van der Waals surface area contributed by atoms with Crippen LogP contribution in [0.2, 0.25) is 0 Å². The molecule has 0 aliphatic rings. The maximum Gasteiger partial charge on any atom is 0.326 e. The molecule has 0 bridgehead atoms. The zero-order valence-electron chi connectivity index (χ0n) is 20.9. The van der Waals surface area contributed by atoms with Gasteiger partial charge in [0, 0.05) is 11.0 Å². The highest BCUT2D eigenvalue weighted by Gasteiger charge is 2.19. The number of aromatic nitrogens is 4. The monoisotopic (exact) mass is 424 g/mol. The van der Waals surface area contributed by atoms with Gasteiger partial charge >= 0.3 is 5.69 Å². The van der Waals surface area contributed by atoms with E-state index in [0.717, 1.165) is 27.9 Å². The smallest absolute Gasteiger partial charge is 0.326 e. The van der Waals surface area contributed by atoms with E-state index in [1.807, 2.05) is 90.9 Å². The van der Waals surface area contributed by atoms with Crippen molar-refractivity contribution in [3.05, 3.63) is 64.8 Å². The van der Waals surface area contributed by atoms with Gasteiger partial charge in [0.1, 0.15) is 5.82 Å². The summed E-state index contributed by atoms with van der Waals surface area (Å²) in [6.07, 6.45) is 0. The number of nitrogens with zero attached hydrogens (tertiary/aromatic N) is 2. The molecule has 5 heteroatoms. The Hall–Kier alpha value is -2.82. The Morgan fingerprint density at radius 2 is 1.26 bits per heavy atom. The first-order valence-corrected chi connectivity index (χ1v) is 11.2. The summed E-state index contributed by atoms with van der Waals surface area (Å²) < 4.78 is 1.78. The molecule has 2 aromatic carbocycles. The van der Waals surface area contributed by atoms with Crippen molar-refractivity contribution in [3.63, 3.8) is 0 Å². The molecule has 31 heavy (non-hydrogen) atoms. The van der Waals surface area contributed by atoms with Gasteiger partial charge in [-0.3, -0.25) is 4.57 Å². The average Bonchev–Trinajstić information content (AvgIpc) is 3.31. The Morgan fingerprint density at radius 1 is 0.742 bits per heavy atom. The van der Waals surface area contributed by atoms with Crippen LogP contribution in [-0.2, 0) is 11.0 Å². The van der Waals surface area contributed by atoms with Gasteiger partial charge in [-0.15, -0.1) is 0 Å². The summed E-state index contributed by atoms with van der Waals surface area (Å²) in [5.41, 5.74) is 3.89. The summed E-state index contributed by atoms with van der Waals surface area (Å²) in [4.78, 5) is 22.4. The van der Waals surface area contributed by atoms with E-state index in [1.54, 1.807) is 4.57 Å². The first kappa shape index (κ1) is 26.2. The normalized spacial score (nSPS) is 11.0. The van der Waals surface area contributed by atoms with E-state index < -0.39 is 0 Å². The average molecular weight is 425 g/mol. The number of benzene rings is 2. The van der Waals surface area contributed by atoms with Gasteiger partial charge in [0.2, 0.25) is 0 Å². The molecule has 170 valence electrons. The Bertz CT molecular complexity index is 1080. The fourth-order valence-electron chi connectivity index (χ4n) is 3.03. The molecule has 4 rings (SSSR count). The molecular weight excluding hydrogens is 384 g/mol. The zero-order valence-corrected chi connectivity index (χ0v) is 20.9. The Balaban J connectivity index is 0.000000268. The van der Waals surface area contributed by atoms with Crippen molar-refractivity contribution in [2.75, 3.05) is 0 Å². The molecule has 5 nitrogen and oxygen atoms in total. The van der Waals surface area contributed by atoms with Gasteiger partial charge in [0.25, 0.3) is 0 Å². The van der Waals surface area contributed by atoms with Crippen LogP contribution in [0.3, 0.4) is 0 Å². The van der Waals surface area contributed by atoms with Crippen molar-refractivity contribution in [2.24, 2.45) is 0 Å². The topological polar surface area (TPSA) is 66.5 Å². The molecule has 0 atom stereocenters. The molecule has 0 radical (unpaired) electrons. The molecule has 0 aliphatic carbocycles. The van der Waals surface area contributed by atoms with Crippen LogP contribution in [0, 0.1) is 0 Å². The highest BCUT2D eigenvalue weighted by molar-refractivity contribution is 5.75. The second kappa shape index (κ2) is 11.0. The lowest BCUT2D eigenvalue weighted by Gasteiger charge is -2.20. The van der Waals surface area contributed by atoms with Gasteiger partial charge in [0.05, 0.1) is 22.1 Å². The lowest BCUT2D eigenvalue weighted by Crippen LogP contribution is -2.31. The van der Waals surface area contributed by atoms with Gasteiger partial charge in [-0.1, -0.05) is 72.7 Å². The predicted octanol–water partition coefficient (Wildman–Crippen LogP) is 7.00. The standard InChI is InChI=1S/C11H14N2O.C11H14N2.2C2H6/c1-11(2,3)13-9-7-5-4-6-8(9)12-10(13)14;1-11(2,3)10-12-8-6-4-5-7-9(8)13-10;2*1-2/h4-7H,1-3H3,(H,12,14);4-7H,1-3H3,(H,12,13);2*1-2H3. The number of fused-ring (bicyclic) bond motifs is 2. The highest BCUT2D eigenvalue weighted by atomic mass is 16.1. The number of para-hydroxylation sites is 4. The third kappa shape index (κ3) is 6.58. The molecule has 0 saturated carbocycles. The lowest BCUT2D eigenvalue weighted by molar-refractivity contribution is 0.397. The maximum atomic E-state index is 11.7. The second-order valence-corrected chi connectivity index (χ2v) is 8.81. The van der Waals surface area contributed by atoms with Crippen LogP contribution in [0.4, 0.5) is 0 Å². The summed E-state index contributed by atoms with van der Waals surface area (Å²) in [6.45, 7) is 20.5. The van der Waals surface area contributed by atoms with Crippen LogP contribution in [0.5, 0.6) is 0 Å². The quantitative estimate of drug-likeness (QED) is 0.319. The largest absolute Gasteiger partial charge is 0.342 e. The van der Waals surface area contributed by atoms with E-state index in [4.69, 9.17) is 0 Å². The first-order chi connectivity index (χ1) is 14.6. The van der Waals surface area contributed by atoms with E-state index >= 15 is 0 Å². The van der Waals surface area contributed by atoms with E-state index in [0.29, 0.717) is 0 Å². The Labute approximate surface area is 186 Å². The van der Waals surface area contributed by atoms with Gasteiger partial charge in [-0.05, 0) is 45.0 Å². The summed E-state index contributed by atoms with van der Waals surface area (Å²) in [5.74, 6) is 1.05. The summed E-state index contributed by atoms with van der Waals surface area (Å²) in [7, 11) is 0. The lowest BCUT2D eigenvalue weighted by atomic mass is 9.96. The van der Waals surface area contributed by atoms with Gasteiger partial charge < -0.3 is 9.97 Å². The fraction of sp³-hybridized carbons (Fsp3) is 0.462. The van der Waals surface area contributed by atoms with Gasteiger partial charge in [-0.2, -0.15) is 0 Å². The molecule has 0 unspecified atom stereocenters. The molecule has 2 heterocycles. The van der Waals surface area contributed by atoms with Gasteiger partial charge in [-0.25, -0.2) is 9.78 Å². The third-order valence-corrected chi connectivity index (χ3v) is 4.36. The van der Waals surface area contributed by atoms with Crippen molar-refractivity contribution in [1.29, 1.82) is 0 Å². The number of rotatable bonds is 0. The molecule has 0 saturated heterocycles.